The van der Waals surface area contributed by atoms with E-state index in [0.717, 1.165) is 18.4 Å². The van der Waals surface area contributed by atoms with Crippen LogP contribution in [0.2, 0.25) is 0 Å². The fourth-order valence-electron chi connectivity index (χ4n) is 2.41. The zero-order chi connectivity index (χ0) is 7.84. The first-order valence-electron chi connectivity index (χ1n) is 4.73. The smallest absolute Gasteiger partial charge is 0.0139 e. The lowest BCUT2D eigenvalue weighted by Crippen LogP contribution is -2.33. The molecule has 0 aromatic rings. The van der Waals surface area contributed by atoms with E-state index in [4.69, 9.17) is 5.73 Å². The lowest BCUT2D eigenvalue weighted by atomic mass is 9.77. The summed E-state index contributed by atoms with van der Waals surface area (Å²) >= 11 is 0. The maximum atomic E-state index is 5.74. The quantitative estimate of drug-likeness (QED) is 0.633. The molecule has 1 saturated carbocycles. The molecule has 1 aliphatic heterocycles. The number of likely N-dealkylation sites (tertiary alicyclic amines) is 1. The molecule has 2 fully saturated rings. The molecule has 2 heteroatoms. The molecule has 2 unspecified atom stereocenters. The van der Waals surface area contributed by atoms with E-state index in [0.29, 0.717) is 6.04 Å². The van der Waals surface area contributed by atoms with Crippen molar-refractivity contribution in [2.45, 2.75) is 25.8 Å². The summed E-state index contributed by atoms with van der Waals surface area (Å²) in [6.45, 7) is 5.85. The van der Waals surface area contributed by atoms with Crippen LogP contribution >= 0.6 is 0 Å². The molecule has 3 atom stereocenters. The average molecular weight is 154 g/mol. The molecule has 0 aromatic heterocycles. The van der Waals surface area contributed by atoms with Gasteiger partial charge in [-0.3, -0.25) is 0 Å². The molecular weight excluding hydrogens is 136 g/mol. The van der Waals surface area contributed by atoms with Crippen molar-refractivity contribution in [3.8, 4) is 0 Å². The van der Waals surface area contributed by atoms with E-state index in [9.17, 15) is 0 Å². The molecule has 11 heavy (non-hydrogen) atoms. The van der Waals surface area contributed by atoms with Crippen LogP contribution in [-0.2, 0) is 0 Å². The van der Waals surface area contributed by atoms with Gasteiger partial charge in [0.05, 0.1) is 0 Å². The predicted octanol–water partition coefficient (Wildman–Crippen LogP) is 0.675. The van der Waals surface area contributed by atoms with Crippen LogP contribution in [0.25, 0.3) is 0 Å². The minimum absolute atomic E-state index is 0.354. The largest absolute Gasteiger partial charge is 0.327 e. The summed E-state index contributed by atoms with van der Waals surface area (Å²) in [6.07, 6.45) is 2.94. The number of nitrogens with two attached hydrogens (primary N) is 1. The van der Waals surface area contributed by atoms with Crippen molar-refractivity contribution in [3.63, 3.8) is 0 Å². The van der Waals surface area contributed by atoms with Crippen LogP contribution in [-0.4, -0.2) is 30.6 Å². The highest BCUT2D eigenvalue weighted by Crippen LogP contribution is 2.40. The summed E-state index contributed by atoms with van der Waals surface area (Å²) in [5.41, 5.74) is 5.74. The summed E-state index contributed by atoms with van der Waals surface area (Å²) in [4.78, 5) is 2.53. The molecule has 2 nitrogen and oxygen atoms in total. The first kappa shape index (κ1) is 7.56. The Bertz CT molecular complexity index is 130. The van der Waals surface area contributed by atoms with Gasteiger partial charge < -0.3 is 10.6 Å². The van der Waals surface area contributed by atoms with Crippen LogP contribution in [0.1, 0.15) is 19.8 Å². The zero-order valence-corrected chi connectivity index (χ0v) is 7.29. The number of nitrogens with zero attached hydrogens (tertiary/aromatic N) is 1. The Morgan fingerprint density at radius 3 is 2.27 bits per heavy atom. The molecule has 0 amide bonds. The minimum Gasteiger partial charge on any atom is -0.327 e. The van der Waals surface area contributed by atoms with Gasteiger partial charge in [0.1, 0.15) is 0 Å². The van der Waals surface area contributed by atoms with Gasteiger partial charge in [-0.2, -0.15) is 0 Å². The van der Waals surface area contributed by atoms with Crippen molar-refractivity contribution in [3.05, 3.63) is 0 Å². The van der Waals surface area contributed by atoms with Crippen LogP contribution in [0, 0.1) is 11.8 Å². The second-order valence-electron chi connectivity index (χ2n) is 4.29. The fourth-order valence-corrected chi connectivity index (χ4v) is 2.41. The number of hydrogen-bond donors (Lipinski definition) is 1. The van der Waals surface area contributed by atoms with Gasteiger partial charge in [-0.1, -0.05) is 0 Å². The Morgan fingerprint density at radius 1 is 1.36 bits per heavy atom. The van der Waals surface area contributed by atoms with Gasteiger partial charge in [0.25, 0.3) is 0 Å². The average Bonchev–Trinajstić information content (AvgIpc) is 2.12. The highest BCUT2D eigenvalue weighted by Gasteiger charge is 2.38. The molecule has 0 spiro atoms. The second kappa shape index (κ2) is 2.76. The van der Waals surface area contributed by atoms with Gasteiger partial charge in [0.2, 0.25) is 0 Å². The van der Waals surface area contributed by atoms with Gasteiger partial charge in [-0.25, -0.2) is 0 Å². The van der Waals surface area contributed by atoms with Crippen molar-refractivity contribution >= 4 is 0 Å². The number of fused-ring (bicyclic) bond motifs is 1. The van der Waals surface area contributed by atoms with E-state index in [-0.39, 0.29) is 0 Å². The monoisotopic (exact) mass is 154 g/mol. The lowest BCUT2D eigenvalue weighted by Gasteiger charge is -2.28. The van der Waals surface area contributed by atoms with Gasteiger partial charge in [0, 0.05) is 25.7 Å². The highest BCUT2D eigenvalue weighted by molar-refractivity contribution is 4.91. The van der Waals surface area contributed by atoms with E-state index < -0.39 is 0 Å². The molecule has 0 aromatic carbocycles. The van der Waals surface area contributed by atoms with Crippen LogP contribution in [0.4, 0.5) is 0 Å². The van der Waals surface area contributed by atoms with Gasteiger partial charge in [-0.15, -0.1) is 0 Å². The molecule has 64 valence electrons. The van der Waals surface area contributed by atoms with E-state index in [1.807, 2.05) is 0 Å². The minimum atomic E-state index is 0.354. The maximum Gasteiger partial charge on any atom is 0.0139 e. The Hall–Kier alpha value is -0.0800. The van der Waals surface area contributed by atoms with E-state index in [1.165, 1.54) is 25.9 Å². The topological polar surface area (TPSA) is 29.3 Å². The summed E-state index contributed by atoms with van der Waals surface area (Å²) in [6, 6.07) is 0.354. The maximum absolute atomic E-state index is 5.74. The highest BCUT2D eigenvalue weighted by atomic mass is 15.2. The van der Waals surface area contributed by atoms with Crippen molar-refractivity contribution in [2.75, 3.05) is 19.6 Å². The van der Waals surface area contributed by atoms with Crippen molar-refractivity contribution in [1.29, 1.82) is 0 Å². The lowest BCUT2D eigenvalue weighted by molar-refractivity contribution is 0.243. The van der Waals surface area contributed by atoms with Crippen LogP contribution < -0.4 is 5.73 Å². The molecule has 2 aliphatic rings. The summed E-state index contributed by atoms with van der Waals surface area (Å²) in [5, 5.41) is 0. The Balaban J connectivity index is 1.80. The molecule has 1 heterocycles. The first-order valence-corrected chi connectivity index (χ1v) is 4.73. The predicted molar refractivity (Wildman–Crippen MR) is 46.3 cm³/mol. The van der Waals surface area contributed by atoms with Crippen LogP contribution in [0.3, 0.4) is 0 Å². The normalized spacial score (nSPS) is 39.8. The summed E-state index contributed by atoms with van der Waals surface area (Å²) < 4.78 is 0. The van der Waals surface area contributed by atoms with E-state index in [1.54, 1.807) is 0 Å². The summed E-state index contributed by atoms with van der Waals surface area (Å²) in [5.74, 6) is 2.07. The van der Waals surface area contributed by atoms with E-state index >= 15 is 0 Å². The first-order chi connectivity index (χ1) is 5.25. The summed E-state index contributed by atoms with van der Waals surface area (Å²) in [7, 11) is 0. The standard InChI is InChI=1S/C9H18N2/c1-7(10)4-11-5-8-2-3-9(8)6-11/h7-9H,2-6,10H2,1H3/t7-,8?,9?/m1/s1. The van der Waals surface area contributed by atoms with Crippen molar-refractivity contribution < 1.29 is 0 Å². The molecule has 1 aliphatic carbocycles. The number of rotatable bonds is 2. The second-order valence-corrected chi connectivity index (χ2v) is 4.29. The van der Waals surface area contributed by atoms with Crippen LogP contribution in [0.5, 0.6) is 0 Å². The van der Waals surface area contributed by atoms with Gasteiger partial charge in [0.15, 0.2) is 0 Å². The Kier molecular flexibility index (Phi) is 1.90. The molecule has 2 N–H and O–H groups in total. The number of hydrogen-bond acceptors (Lipinski definition) is 2. The SMILES string of the molecule is C[C@@H](N)CN1CC2CCC2C1. The molecule has 0 radical (unpaired) electrons. The Morgan fingerprint density at radius 2 is 1.91 bits per heavy atom. The zero-order valence-electron chi connectivity index (χ0n) is 7.29. The molecule has 1 saturated heterocycles. The Labute approximate surface area is 68.7 Å². The van der Waals surface area contributed by atoms with Crippen LogP contribution in [0.15, 0.2) is 0 Å². The van der Waals surface area contributed by atoms with Crippen molar-refractivity contribution in [1.82, 2.24) is 4.90 Å². The van der Waals surface area contributed by atoms with Gasteiger partial charge >= 0.3 is 0 Å². The fraction of sp³-hybridized carbons (Fsp3) is 1.00. The third-order valence-corrected chi connectivity index (χ3v) is 3.11. The van der Waals surface area contributed by atoms with Crippen molar-refractivity contribution in [2.24, 2.45) is 17.6 Å². The molecular formula is C9H18N2. The molecule has 0 bridgehead atoms. The van der Waals surface area contributed by atoms with Gasteiger partial charge in [-0.05, 0) is 31.6 Å². The third kappa shape index (κ3) is 1.42. The van der Waals surface area contributed by atoms with E-state index in [2.05, 4.69) is 11.8 Å². The third-order valence-electron chi connectivity index (χ3n) is 3.11. The molecule has 2 rings (SSSR count).